The fourth-order valence-electron chi connectivity index (χ4n) is 2.93. The first-order valence-electron chi connectivity index (χ1n) is 8.13. The smallest absolute Gasteiger partial charge is 0.228 e. The third-order valence-electron chi connectivity index (χ3n) is 4.20. The lowest BCUT2D eigenvalue weighted by Gasteiger charge is -2.09. The van der Waals surface area contributed by atoms with Crippen LogP contribution >= 0.6 is 0 Å². The van der Waals surface area contributed by atoms with Crippen LogP contribution in [-0.2, 0) is 0 Å². The van der Waals surface area contributed by atoms with Crippen molar-refractivity contribution in [3.63, 3.8) is 0 Å². The van der Waals surface area contributed by atoms with Crippen molar-refractivity contribution in [3.8, 4) is 17.2 Å². The molecule has 0 aliphatic heterocycles. The SMILES string of the molecule is COc1cccc(C(=O)c2nc3ccccc3n2-c2ccc(O)cc2)c1. The predicted octanol–water partition coefficient (Wildman–Crippen LogP) is 3.97. The molecule has 0 radical (unpaired) electrons. The van der Waals surface area contributed by atoms with E-state index in [1.165, 1.54) is 0 Å². The number of benzene rings is 3. The third-order valence-corrected chi connectivity index (χ3v) is 4.20. The quantitative estimate of drug-likeness (QED) is 0.569. The zero-order chi connectivity index (χ0) is 18.1. The molecule has 5 heteroatoms. The second-order valence-corrected chi connectivity index (χ2v) is 5.84. The van der Waals surface area contributed by atoms with Gasteiger partial charge in [-0.3, -0.25) is 9.36 Å². The minimum atomic E-state index is -0.201. The molecular weight excluding hydrogens is 328 g/mol. The normalized spacial score (nSPS) is 10.8. The molecule has 0 unspecified atom stereocenters. The molecule has 5 nitrogen and oxygen atoms in total. The highest BCUT2D eigenvalue weighted by molar-refractivity contribution is 6.09. The monoisotopic (exact) mass is 344 g/mol. The molecule has 0 saturated carbocycles. The summed E-state index contributed by atoms with van der Waals surface area (Å²) in [4.78, 5) is 17.7. The number of hydrogen-bond donors (Lipinski definition) is 1. The van der Waals surface area contributed by atoms with Crippen LogP contribution in [0.25, 0.3) is 16.7 Å². The van der Waals surface area contributed by atoms with E-state index in [2.05, 4.69) is 4.98 Å². The van der Waals surface area contributed by atoms with Crippen molar-refractivity contribution in [1.29, 1.82) is 0 Å². The Kier molecular flexibility index (Phi) is 3.89. The molecule has 26 heavy (non-hydrogen) atoms. The van der Waals surface area contributed by atoms with Crippen LogP contribution in [0.15, 0.2) is 72.8 Å². The molecule has 1 N–H and O–H groups in total. The summed E-state index contributed by atoms with van der Waals surface area (Å²) in [7, 11) is 1.56. The number of imidazole rings is 1. The summed E-state index contributed by atoms with van der Waals surface area (Å²) in [6, 6.07) is 21.3. The van der Waals surface area contributed by atoms with Gasteiger partial charge in [-0.2, -0.15) is 0 Å². The summed E-state index contributed by atoms with van der Waals surface area (Å²) >= 11 is 0. The zero-order valence-corrected chi connectivity index (χ0v) is 14.1. The van der Waals surface area contributed by atoms with Gasteiger partial charge in [0, 0.05) is 11.3 Å². The molecule has 4 rings (SSSR count). The van der Waals surface area contributed by atoms with E-state index in [1.807, 2.05) is 24.3 Å². The minimum absolute atomic E-state index is 0.166. The van der Waals surface area contributed by atoms with Crippen LogP contribution in [0.2, 0.25) is 0 Å². The van der Waals surface area contributed by atoms with Crippen LogP contribution < -0.4 is 4.74 Å². The Hall–Kier alpha value is -3.60. The minimum Gasteiger partial charge on any atom is -0.508 e. The van der Waals surface area contributed by atoms with Crippen molar-refractivity contribution in [2.24, 2.45) is 0 Å². The molecule has 0 aliphatic rings. The van der Waals surface area contributed by atoms with E-state index in [0.717, 1.165) is 16.7 Å². The Labute approximate surface area is 150 Å². The van der Waals surface area contributed by atoms with E-state index in [9.17, 15) is 9.90 Å². The van der Waals surface area contributed by atoms with E-state index in [4.69, 9.17) is 4.74 Å². The van der Waals surface area contributed by atoms with Gasteiger partial charge in [0.05, 0.1) is 18.1 Å². The van der Waals surface area contributed by atoms with Gasteiger partial charge in [-0.1, -0.05) is 24.3 Å². The highest BCUT2D eigenvalue weighted by Gasteiger charge is 2.20. The fraction of sp³-hybridized carbons (Fsp3) is 0.0476. The second-order valence-electron chi connectivity index (χ2n) is 5.84. The molecule has 0 bridgehead atoms. The predicted molar refractivity (Wildman–Crippen MR) is 99.2 cm³/mol. The van der Waals surface area contributed by atoms with Crippen molar-refractivity contribution in [2.45, 2.75) is 0 Å². The maximum Gasteiger partial charge on any atom is 0.228 e. The second kappa shape index (κ2) is 6.37. The number of nitrogens with zero attached hydrogens (tertiary/aromatic N) is 2. The molecule has 1 aromatic heterocycles. The maximum absolute atomic E-state index is 13.2. The van der Waals surface area contributed by atoms with E-state index in [-0.39, 0.29) is 11.5 Å². The summed E-state index contributed by atoms with van der Waals surface area (Å²) in [5, 5.41) is 9.58. The summed E-state index contributed by atoms with van der Waals surface area (Å²) in [5.74, 6) is 0.889. The van der Waals surface area contributed by atoms with Gasteiger partial charge in [-0.25, -0.2) is 4.98 Å². The third kappa shape index (κ3) is 2.69. The number of phenols is 1. The molecular formula is C21H16N2O3. The number of aromatic nitrogens is 2. The topological polar surface area (TPSA) is 64.3 Å². The lowest BCUT2D eigenvalue weighted by molar-refractivity contribution is 0.102. The standard InChI is InChI=1S/C21H16N2O3/c1-26-17-6-4-5-14(13-17)20(25)21-22-18-7-2-3-8-19(18)23(21)15-9-11-16(24)12-10-15/h2-13,24H,1H3. The first-order valence-corrected chi connectivity index (χ1v) is 8.13. The number of carbonyl (C=O) groups excluding carboxylic acids is 1. The van der Waals surface area contributed by atoms with Crippen LogP contribution in [-0.4, -0.2) is 27.6 Å². The van der Waals surface area contributed by atoms with Crippen molar-refractivity contribution in [3.05, 3.63) is 84.2 Å². The number of methoxy groups -OCH3 is 1. The van der Waals surface area contributed by atoms with E-state index >= 15 is 0 Å². The first kappa shape index (κ1) is 15.9. The fourth-order valence-corrected chi connectivity index (χ4v) is 2.93. The summed E-state index contributed by atoms with van der Waals surface area (Å²) < 4.78 is 7.02. The molecule has 0 spiro atoms. The number of ketones is 1. The van der Waals surface area contributed by atoms with Crippen LogP contribution in [0.1, 0.15) is 16.2 Å². The molecule has 0 fully saturated rings. The molecule has 0 aliphatic carbocycles. The van der Waals surface area contributed by atoms with E-state index < -0.39 is 0 Å². The number of aromatic hydroxyl groups is 1. The Morgan fingerprint density at radius 2 is 1.77 bits per heavy atom. The number of carbonyl (C=O) groups is 1. The number of ether oxygens (including phenoxy) is 1. The van der Waals surface area contributed by atoms with E-state index in [1.54, 1.807) is 60.2 Å². The Bertz CT molecular complexity index is 1100. The van der Waals surface area contributed by atoms with Crippen LogP contribution in [0.3, 0.4) is 0 Å². The molecule has 4 aromatic rings. The van der Waals surface area contributed by atoms with E-state index in [0.29, 0.717) is 17.1 Å². The number of para-hydroxylation sites is 2. The van der Waals surface area contributed by atoms with Crippen LogP contribution in [0, 0.1) is 0 Å². The lowest BCUT2D eigenvalue weighted by Crippen LogP contribution is -2.10. The van der Waals surface area contributed by atoms with Gasteiger partial charge in [0.15, 0.2) is 5.82 Å². The lowest BCUT2D eigenvalue weighted by atomic mass is 10.1. The largest absolute Gasteiger partial charge is 0.508 e. The molecule has 0 atom stereocenters. The number of phenolic OH excluding ortho intramolecular Hbond substituents is 1. The molecule has 0 saturated heterocycles. The summed E-state index contributed by atoms with van der Waals surface area (Å²) in [6.45, 7) is 0. The van der Waals surface area contributed by atoms with Gasteiger partial charge in [0.1, 0.15) is 11.5 Å². The Morgan fingerprint density at radius 3 is 2.54 bits per heavy atom. The Balaban J connectivity index is 1.93. The number of fused-ring (bicyclic) bond motifs is 1. The van der Waals surface area contributed by atoms with Crippen LogP contribution in [0.5, 0.6) is 11.5 Å². The molecule has 3 aromatic carbocycles. The van der Waals surface area contributed by atoms with Crippen molar-refractivity contribution in [2.75, 3.05) is 7.11 Å². The van der Waals surface area contributed by atoms with Crippen molar-refractivity contribution >= 4 is 16.8 Å². The first-order chi connectivity index (χ1) is 12.7. The summed E-state index contributed by atoms with van der Waals surface area (Å²) in [5.41, 5.74) is 2.80. The highest BCUT2D eigenvalue weighted by atomic mass is 16.5. The van der Waals surface area contributed by atoms with Crippen molar-refractivity contribution in [1.82, 2.24) is 9.55 Å². The number of rotatable bonds is 4. The van der Waals surface area contributed by atoms with Gasteiger partial charge >= 0.3 is 0 Å². The van der Waals surface area contributed by atoms with Gasteiger partial charge in [-0.15, -0.1) is 0 Å². The Morgan fingerprint density at radius 1 is 1.00 bits per heavy atom. The van der Waals surface area contributed by atoms with Gasteiger partial charge in [-0.05, 0) is 48.5 Å². The molecule has 128 valence electrons. The molecule has 1 heterocycles. The van der Waals surface area contributed by atoms with Gasteiger partial charge in [0.2, 0.25) is 5.78 Å². The highest BCUT2D eigenvalue weighted by Crippen LogP contribution is 2.25. The molecule has 0 amide bonds. The average molecular weight is 344 g/mol. The number of hydrogen-bond acceptors (Lipinski definition) is 4. The summed E-state index contributed by atoms with van der Waals surface area (Å²) in [6.07, 6.45) is 0. The average Bonchev–Trinajstić information content (AvgIpc) is 3.07. The maximum atomic E-state index is 13.2. The van der Waals surface area contributed by atoms with Gasteiger partial charge in [0.25, 0.3) is 0 Å². The van der Waals surface area contributed by atoms with Crippen molar-refractivity contribution < 1.29 is 14.6 Å². The zero-order valence-electron chi connectivity index (χ0n) is 14.1. The van der Waals surface area contributed by atoms with Gasteiger partial charge < -0.3 is 9.84 Å². The van der Waals surface area contributed by atoms with Crippen LogP contribution in [0.4, 0.5) is 0 Å².